The molecule has 13 heavy (non-hydrogen) atoms. The van der Waals surface area contributed by atoms with Gasteiger partial charge in [-0.2, -0.15) is 0 Å². The zero-order valence-corrected chi connectivity index (χ0v) is 8.91. The number of rotatable bonds is 1. The minimum Gasteiger partial charge on any atom is -0.469 e. The first-order chi connectivity index (χ1) is 6.15. The van der Waals surface area contributed by atoms with E-state index in [0.717, 1.165) is 6.42 Å². The summed E-state index contributed by atoms with van der Waals surface area (Å²) < 4.78 is 4.70. The normalized spacial score (nSPS) is 42.5. The monoisotopic (exact) mass is 246 g/mol. The maximum absolute atomic E-state index is 11.4. The SMILES string of the molecule is COC(=O)[C@@H]1[C@@H]2CC(=O)[C@@H]1C[C@@H]2Br. The van der Waals surface area contributed by atoms with Gasteiger partial charge in [0.1, 0.15) is 5.78 Å². The fraction of sp³-hybridized carbons (Fsp3) is 0.778. The predicted octanol–water partition coefficient (Wildman–Crippen LogP) is 1.15. The molecule has 0 aliphatic heterocycles. The van der Waals surface area contributed by atoms with Crippen molar-refractivity contribution in [3.05, 3.63) is 0 Å². The summed E-state index contributed by atoms with van der Waals surface area (Å²) in [4.78, 5) is 23.1. The Morgan fingerprint density at radius 3 is 2.77 bits per heavy atom. The van der Waals surface area contributed by atoms with E-state index in [1.165, 1.54) is 7.11 Å². The van der Waals surface area contributed by atoms with Gasteiger partial charge in [-0.1, -0.05) is 15.9 Å². The molecule has 2 aliphatic rings. The van der Waals surface area contributed by atoms with Crippen molar-refractivity contribution in [3.8, 4) is 0 Å². The maximum Gasteiger partial charge on any atom is 0.309 e. The van der Waals surface area contributed by atoms with Crippen LogP contribution in [0.15, 0.2) is 0 Å². The number of alkyl halides is 1. The third-order valence-corrected chi connectivity index (χ3v) is 4.22. The molecule has 2 aliphatic carbocycles. The Morgan fingerprint density at radius 2 is 2.31 bits per heavy atom. The lowest BCUT2D eigenvalue weighted by atomic mass is 9.98. The van der Waals surface area contributed by atoms with Crippen molar-refractivity contribution in [2.75, 3.05) is 7.11 Å². The van der Waals surface area contributed by atoms with E-state index in [1.807, 2.05) is 0 Å². The Labute approximate surface area is 85.0 Å². The van der Waals surface area contributed by atoms with Gasteiger partial charge in [0.15, 0.2) is 0 Å². The van der Waals surface area contributed by atoms with Crippen LogP contribution in [0.2, 0.25) is 0 Å². The summed E-state index contributed by atoms with van der Waals surface area (Å²) in [6, 6.07) is 0. The average molecular weight is 247 g/mol. The summed E-state index contributed by atoms with van der Waals surface area (Å²) in [5, 5.41) is 0. The molecule has 0 saturated heterocycles. The van der Waals surface area contributed by atoms with Crippen molar-refractivity contribution in [3.63, 3.8) is 0 Å². The van der Waals surface area contributed by atoms with Gasteiger partial charge in [0.05, 0.1) is 13.0 Å². The second kappa shape index (κ2) is 3.08. The summed E-state index contributed by atoms with van der Waals surface area (Å²) in [7, 11) is 1.38. The number of Topliss-reactive ketones (excluding diaryl/α,β-unsaturated/α-hetero) is 1. The molecule has 3 nitrogen and oxygen atoms in total. The molecule has 0 heterocycles. The first kappa shape index (κ1) is 9.19. The molecule has 72 valence electrons. The predicted molar refractivity (Wildman–Crippen MR) is 49.4 cm³/mol. The molecule has 2 fully saturated rings. The van der Waals surface area contributed by atoms with Gasteiger partial charge in [0.25, 0.3) is 0 Å². The highest BCUT2D eigenvalue weighted by Gasteiger charge is 2.55. The van der Waals surface area contributed by atoms with Gasteiger partial charge in [-0.15, -0.1) is 0 Å². The van der Waals surface area contributed by atoms with E-state index in [-0.39, 0.29) is 29.5 Å². The lowest BCUT2D eigenvalue weighted by Crippen LogP contribution is -2.22. The van der Waals surface area contributed by atoms with E-state index >= 15 is 0 Å². The van der Waals surface area contributed by atoms with Crippen LogP contribution >= 0.6 is 15.9 Å². The topological polar surface area (TPSA) is 43.4 Å². The van der Waals surface area contributed by atoms with Crippen LogP contribution in [0.5, 0.6) is 0 Å². The van der Waals surface area contributed by atoms with E-state index in [0.29, 0.717) is 11.2 Å². The Morgan fingerprint density at radius 1 is 1.62 bits per heavy atom. The fourth-order valence-electron chi connectivity index (χ4n) is 2.53. The number of carbonyl (C=O) groups excluding carboxylic acids is 2. The summed E-state index contributed by atoms with van der Waals surface area (Å²) >= 11 is 3.50. The van der Waals surface area contributed by atoms with Gasteiger partial charge in [0.2, 0.25) is 0 Å². The molecule has 4 heteroatoms. The Bertz CT molecular complexity index is 264. The van der Waals surface area contributed by atoms with Crippen molar-refractivity contribution in [1.82, 2.24) is 0 Å². The van der Waals surface area contributed by atoms with Gasteiger partial charge in [-0.05, 0) is 12.3 Å². The number of ether oxygens (including phenoxy) is 1. The second-order valence-corrected chi connectivity index (χ2v) is 4.92. The van der Waals surface area contributed by atoms with Crippen LogP contribution in [0, 0.1) is 17.8 Å². The van der Waals surface area contributed by atoms with E-state index in [2.05, 4.69) is 15.9 Å². The van der Waals surface area contributed by atoms with Crippen LogP contribution in [-0.4, -0.2) is 23.7 Å². The first-order valence-corrected chi connectivity index (χ1v) is 5.31. The van der Waals surface area contributed by atoms with E-state index in [9.17, 15) is 9.59 Å². The Hall–Kier alpha value is -0.380. The maximum atomic E-state index is 11.4. The number of hydrogen-bond donors (Lipinski definition) is 0. The molecule has 0 radical (unpaired) electrons. The summed E-state index contributed by atoms with van der Waals surface area (Å²) in [6.45, 7) is 0. The standard InChI is InChI=1S/C9H11BrO3/c1-13-9(12)8-4-3-7(11)5(8)2-6(4)10/h4-6,8H,2-3H2,1H3/t4-,5+,6+,8-/m1/s1. The molecular formula is C9H11BrO3. The van der Waals surface area contributed by atoms with Gasteiger partial charge >= 0.3 is 5.97 Å². The quantitative estimate of drug-likeness (QED) is 0.515. The number of halogens is 1. The molecule has 0 aromatic heterocycles. The Balaban J connectivity index is 2.22. The average Bonchev–Trinajstić information content (AvgIpc) is 2.57. The van der Waals surface area contributed by atoms with Crippen LogP contribution in [0.1, 0.15) is 12.8 Å². The highest BCUT2D eigenvalue weighted by molar-refractivity contribution is 9.09. The molecule has 0 unspecified atom stereocenters. The second-order valence-electron chi connectivity index (χ2n) is 3.74. The summed E-state index contributed by atoms with van der Waals surface area (Å²) in [5.74, 6) is -0.0763. The first-order valence-electron chi connectivity index (χ1n) is 4.39. The molecule has 4 atom stereocenters. The van der Waals surface area contributed by atoms with Crippen molar-refractivity contribution in [2.24, 2.45) is 17.8 Å². The van der Waals surface area contributed by atoms with Gasteiger partial charge in [-0.3, -0.25) is 9.59 Å². The van der Waals surface area contributed by atoms with Crippen molar-refractivity contribution >= 4 is 27.7 Å². The third kappa shape index (κ3) is 1.23. The molecule has 2 rings (SSSR count). The highest BCUT2D eigenvalue weighted by atomic mass is 79.9. The van der Waals surface area contributed by atoms with Crippen LogP contribution in [0.25, 0.3) is 0 Å². The largest absolute Gasteiger partial charge is 0.469 e. The van der Waals surface area contributed by atoms with E-state index in [1.54, 1.807) is 0 Å². The molecular weight excluding hydrogens is 236 g/mol. The Kier molecular flexibility index (Phi) is 2.18. The fourth-order valence-corrected chi connectivity index (χ4v) is 3.45. The van der Waals surface area contributed by atoms with Crippen LogP contribution < -0.4 is 0 Å². The number of carbonyl (C=O) groups is 2. The molecule has 2 saturated carbocycles. The zero-order chi connectivity index (χ0) is 9.59. The highest BCUT2D eigenvalue weighted by Crippen LogP contribution is 2.50. The number of methoxy groups -OCH3 is 1. The van der Waals surface area contributed by atoms with Crippen LogP contribution in [0.3, 0.4) is 0 Å². The van der Waals surface area contributed by atoms with Gasteiger partial charge < -0.3 is 4.74 Å². The smallest absolute Gasteiger partial charge is 0.309 e. The lowest BCUT2D eigenvalue weighted by molar-refractivity contribution is -0.147. The molecule has 0 amide bonds. The van der Waals surface area contributed by atoms with Crippen LogP contribution in [-0.2, 0) is 14.3 Å². The molecule has 0 aromatic rings. The number of esters is 1. The van der Waals surface area contributed by atoms with Gasteiger partial charge in [-0.25, -0.2) is 0 Å². The molecule has 0 N–H and O–H groups in total. The minimum atomic E-state index is -0.220. The molecule has 0 aromatic carbocycles. The lowest BCUT2D eigenvalue weighted by Gasteiger charge is -2.13. The van der Waals surface area contributed by atoms with Crippen molar-refractivity contribution < 1.29 is 14.3 Å². The summed E-state index contributed by atoms with van der Waals surface area (Å²) in [6.07, 6.45) is 1.34. The van der Waals surface area contributed by atoms with Gasteiger partial charge in [0, 0.05) is 17.2 Å². The zero-order valence-electron chi connectivity index (χ0n) is 7.33. The van der Waals surface area contributed by atoms with Crippen molar-refractivity contribution in [2.45, 2.75) is 17.7 Å². The number of fused-ring (bicyclic) bond motifs is 2. The number of hydrogen-bond acceptors (Lipinski definition) is 3. The minimum absolute atomic E-state index is 0.0816. The molecule has 0 spiro atoms. The van der Waals surface area contributed by atoms with E-state index in [4.69, 9.17) is 4.74 Å². The van der Waals surface area contributed by atoms with Crippen molar-refractivity contribution in [1.29, 1.82) is 0 Å². The van der Waals surface area contributed by atoms with E-state index < -0.39 is 0 Å². The third-order valence-electron chi connectivity index (χ3n) is 3.16. The molecule has 2 bridgehead atoms. The van der Waals surface area contributed by atoms with Crippen LogP contribution in [0.4, 0.5) is 0 Å². The number of ketones is 1. The summed E-state index contributed by atoms with van der Waals surface area (Å²) in [5.41, 5.74) is 0.